The smallest absolute Gasteiger partial charge is 0.312 e. The van der Waals surface area contributed by atoms with Gasteiger partial charge in [0.25, 0.3) is 0 Å². The van der Waals surface area contributed by atoms with E-state index in [-0.39, 0.29) is 23.8 Å². The van der Waals surface area contributed by atoms with E-state index >= 15 is 0 Å². The molecule has 0 spiro atoms. The van der Waals surface area contributed by atoms with Crippen molar-refractivity contribution in [1.82, 2.24) is 0 Å². The number of benzene rings is 2. The highest BCUT2D eigenvalue weighted by Crippen LogP contribution is 2.45. The molecule has 1 atom stereocenters. The maximum atomic E-state index is 11.8. The minimum atomic E-state index is -0.423. The van der Waals surface area contributed by atoms with Crippen molar-refractivity contribution in [2.45, 2.75) is 12.3 Å². The lowest BCUT2D eigenvalue weighted by molar-refractivity contribution is -0.135. The van der Waals surface area contributed by atoms with Crippen LogP contribution in [0.5, 0.6) is 17.2 Å². The third kappa shape index (κ3) is 2.59. The highest BCUT2D eigenvalue weighted by Gasteiger charge is 2.31. The number of carbonyl (C=O) groups is 1. The summed E-state index contributed by atoms with van der Waals surface area (Å²) in [6.07, 6.45) is 0.0954. The number of ether oxygens (including phenoxy) is 1. The minimum Gasteiger partial charge on any atom is -0.508 e. The van der Waals surface area contributed by atoms with Gasteiger partial charge in [-0.25, -0.2) is 0 Å². The van der Waals surface area contributed by atoms with Gasteiger partial charge in [-0.1, -0.05) is 17.7 Å². The Morgan fingerprint density at radius 3 is 2.71 bits per heavy atom. The van der Waals surface area contributed by atoms with E-state index in [4.69, 9.17) is 16.3 Å². The van der Waals surface area contributed by atoms with E-state index in [9.17, 15) is 15.0 Å². The molecule has 0 saturated carbocycles. The number of esters is 1. The van der Waals surface area contributed by atoms with Crippen molar-refractivity contribution in [2.24, 2.45) is 0 Å². The Morgan fingerprint density at radius 2 is 1.95 bits per heavy atom. The molecule has 6 heteroatoms. The molecule has 21 heavy (non-hydrogen) atoms. The summed E-state index contributed by atoms with van der Waals surface area (Å²) >= 11 is 9.27. The lowest BCUT2D eigenvalue weighted by Crippen LogP contribution is -2.21. The molecule has 0 aromatic heterocycles. The molecule has 0 aliphatic carbocycles. The van der Waals surface area contributed by atoms with Crippen LogP contribution in [0, 0.1) is 0 Å². The Labute approximate surface area is 134 Å². The topological polar surface area (TPSA) is 66.8 Å². The lowest BCUT2D eigenvalue weighted by Gasteiger charge is -2.25. The van der Waals surface area contributed by atoms with Crippen molar-refractivity contribution < 1.29 is 19.7 Å². The summed E-state index contributed by atoms with van der Waals surface area (Å²) in [4.78, 5) is 11.8. The Kier molecular flexibility index (Phi) is 3.55. The molecule has 0 saturated heterocycles. The number of aromatic hydroxyl groups is 2. The fourth-order valence-corrected chi connectivity index (χ4v) is 3.30. The summed E-state index contributed by atoms with van der Waals surface area (Å²) in [6.45, 7) is 0. The third-order valence-corrected chi connectivity index (χ3v) is 4.22. The van der Waals surface area contributed by atoms with Crippen LogP contribution in [0.15, 0.2) is 34.8 Å². The summed E-state index contributed by atoms with van der Waals surface area (Å²) in [6, 6.07) is 7.79. The van der Waals surface area contributed by atoms with Crippen molar-refractivity contribution >= 4 is 33.5 Å². The van der Waals surface area contributed by atoms with Gasteiger partial charge in [-0.15, -0.1) is 0 Å². The molecule has 0 bridgehead atoms. The number of phenols is 2. The van der Waals surface area contributed by atoms with Gasteiger partial charge in [0.05, 0.1) is 10.9 Å². The van der Waals surface area contributed by atoms with Crippen LogP contribution in [0.3, 0.4) is 0 Å². The van der Waals surface area contributed by atoms with Crippen molar-refractivity contribution in [3.8, 4) is 17.2 Å². The van der Waals surface area contributed by atoms with E-state index in [0.717, 1.165) is 5.56 Å². The van der Waals surface area contributed by atoms with Gasteiger partial charge in [-0.2, -0.15) is 0 Å². The number of hydrogen-bond donors (Lipinski definition) is 2. The average molecular weight is 370 g/mol. The van der Waals surface area contributed by atoms with E-state index in [1.807, 2.05) is 0 Å². The Balaban J connectivity index is 2.18. The molecule has 108 valence electrons. The van der Waals surface area contributed by atoms with Crippen LogP contribution in [0.1, 0.15) is 23.5 Å². The molecule has 1 unspecified atom stereocenters. The lowest BCUT2D eigenvalue weighted by atomic mass is 9.86. The largest absolute Gasteiger partial charge is 0.508 e. The van der Waals surface area contributed by atoms with Crippen LogP contribution in [0.2, 0.25) is 5.02 Å². The number of phenolic OH excluding ortho intramolecular Hbond substituents is 2. The first-order valence-electron chi connectivity index (χ1n) is 6.17. The van der Waals surface area contributed by atoms with Gasteiger partial charge in [-0.05, 0) is 34.1 Å². The van der Waals surface area contributed by atoms with Gasteiger partial charge in [0.2, 0.25) is 0 Å². The summed E-state index contributed by atoms with van der Waals surface area (Å²) in [5.41, 5.74) is 1.26. The van der Waals surface area contributed by atoms with E-state index in [1.165, 1.54) is 12.1 Å². The van der Waals surface area contributed by atoms with Crippen LogP contribution in [-0.4, -0.2) is 16.2 Å². The van der Waals surface area contributed by atoms with E-state index < -0.39 is 5.97 Å². The fourth-order valence-electron chi connectivity index (χ4n) is 2.47. The zero-order chi connectivity index (χ0) is 15.1. The molecule has 3 rings (SSSR count). The number of hydrogen-bond acceptors (Lipinski definition) is 4. The minimum absolute atomic E-state index is 0.0127. The number of carbonyl (C=O) groups excluding carboxylic acids is 1. The summed E-state index contributed by atoms with van der Waals surface area (Å²) in [7, 11) is 0. The third-order valence-electron chi connectivity index (χ3n) is 3.40. The van der Waals surface area contributed by atoms with Gasteiger partial charge in [0, 0.05) is 28.1 Å². The SMILES string of the molecule is O=C1CC(c2cc(Cl)cc(Br)c2O)c2ccc(O)cc2O1. The number of fused-ring (bicyclic) bond motifs is 1. The van der Waals surface area contributed by atoms with Gasteiger partial charge >= 0.3 is 5.97 Å². The first kappa shape index (κ1) is 14.2. The summed E-state index contributed by atoms with van der Waals surface area (Å²) < 4.78 is 5.60. The normalized spacial score (nSPS) is 17.2. The molecule has 1 aliphatic heterocycles. The predicted octanol–water partition coefficient (Wildman–Crippen LogP) is 3.95. The molecule has 2 N–H and O–H groups in total. The maximum Gasteiger partial charge on any atom is 0.312 e. The van der Waals surface area contributed by atoms with Gasteiger partial charge in [-0.3, -0.25) is 4.79 Å². The molecule has 2 aromatic rings. The molecular weight excluding hydrogens is 360 g/mol. The predicted molar refractivity (Wildman–Crippen MR) is 81.0 cm³/mol. The van der Waals surface area contributed by atoms with Gasteiger partial charge in [0.1, 0.15) is 17.2 Å². The standard InChI is InChI=1S/C15H10BrClO4/c16-12-4-7(17)3-11(15(12)20)10-6-14(19)21-13-5-8(18)1-2-9(10)13/h1-5,10,18,20H,6H2. The zero-order valence-electron chi connectivity index (χ0n) is 10.6. The molecule has 2 aromatic carbocycles. The van der Waals surface area contributed by atoms with Crippen LogP contribution in [-0.2, 0) is 4.79 Å². The van der Waals surface area contributed by atoms with Crippen LogP contribution >= 0.6 is 27.5 Å². The van der Waals surface area contributed by atoms with Gasteiger partial charge in [0.15, 0.2) is 0 Å². The molecule has 0 fully saturated rings. The Hall–Kier alpha value is -1.72. The van der Waals surface area contributed by atoms with Crippen LogP contribution in [0.25, 0.3) is 0 Å². The summed E-state index contributed by atoms with van der Waals surface area (Å²) in [5, 5.41) is 20.2. The average Bonchev–Trinajstić information content (AvgIpc) is 2.41. The zero-order valence-corrected chi connectivity index (χ0v) is 13.0. The van der Waals surface area contributed by atoms with Crippen LogP contribution < -0.4 is 4.74 Å². The molecule has 0 radical (unpaired) electrons. The Morgan fingerprint density at radius 1 is 1.19 bits per heavy atom. The second-order valence-corrected chi connectivity index (χ2v) is 6.07. The molecule has 0 amide bonds. The van der Waals surface area contributed by atoms with Crippen molar-refractivity contribution in [3.63, 3.8) is 0 Å². The Bertz CT molecular complexity index is 745. The van der Waals surface area contributed by atoms with E-state index in [2.05, 4.69) is 15.9 Å². The van der Waals surface area contributed by atoms with Crippen molar-refractivity contribution in [2.75, 3.05) is 0 Å². The van der Waals surface area contributed by atoms with E-state index in [1.54, 1.807) is 18.2 Å². The number of halogens is 2. The number of rotatable bonds is 1. The van der Waals surface area contributed by atoms with Crippen molar-refractivity contribution in [1.29, 1.82) is 0 Å². The monoisotopic (exact) mass is 368 g/mol. The van der Waals surface area contributed by atoms with E-state index in [0.29, 0.717) is 20.8 Å². The quantitative estimate of drug-likeness (QED) is 0.590. The molecule has 1 aliphatic rings. The molecule has 4 nitrogen and oxygen atoms in total. The summed E-state index contributed by atoms with van der Waals surface area (Å²) in [5.74, 6) is -0.450. The first-order valence-corrected chi connectivity index (χ1v) is 7.34. The van der Waals surface area contributed by atoms with Crippen LogP contribution in [0.4, 0.5) is 0 Å². The first-order chi connectivity index (χ1) is 9.95. The second-order valence-electron chi connectivity index (χ2n) is 4.78. The molecular formula is C15H10BrClO4. The fraction of sp³-hybridized carbons (Fsp3) is 0.133. The highest BCUT2D eigenvalue weighted by molar-refractivity contribution is 9.10. The highest BCUT2D eigenvalue weighted by atomic mass is 79.9. The second kappa shape index (κ2) is 5.24. The van der Waals surface area contributed by atoms with Gasteiger partial charge < -0.3 is 14.9 Å². The maximum absolute atomic E-state index is 11.8. The van der Waals surface area contributed by atoms with Crippen molar-refractivity contribution in [3.05, 3.63) is 51.0 Å². The molecule has 1 heterocycles.